The van der Waals surface area contributed by atoms with Gasteiger partial charge in [0.15, 0.2) is 5.69 Å². The van der Waals surface area contributed by atoms with E-state index in [1.807, 2.05) is 11.6 Å². The highest BCUT2D eigenvalue weighted by Crippen LogP contribution is 2.21. The van der Waals surface area contributed by atoms with E-state index in [-0.39, 0.29) is 30.7 Å². The number of hydrogen-bond donors (Lipinski definition) is 2. The third kappa shape index (κ3) is 7.39. The Bertz CT molecular complexity index is 610. The van der Waals surface area contributed by atoms with Crippen molar-refractivity contribution in [1.82, 2.24) is 30.5 Å². The number of carbonyl (C=O) groups is 1. The summed E-state index contributed by atoms with van der Waals surface area (Å²) < 4.78 is 1.94. The van der Waals surface area contributed by atoms with Gasteiger partial charge in [-0.3, -0.25) is 4.79 Å². The number of carbonyl (C=O) groups excluding carboxylic acids is 1. The third-order valence-electron chi connectivity index (χ3n) is 5.93. The maximum atomic E-state index is 12.5. The fraction of sp³-hybridized carbons (Fsp3) is 0.850. The summed E-state index contributed by atoms with van der Waals surface area (Å²) in [5.74, 6) is 1.52. The number of amides is 1. The quantitative estimate of drug-likeness (QED) is 0.627. The van der Waals surface area contributed by atoms with Crippen LogP contribution in [0.15, 0.2) is 0 Å². The molecule has 2 fully saturated rings. The van der Waals surface area contributed by atoms with Gasteiger partial charge in [0.2, 0.25) is 0 Å². The number of hydrogen-bond acceptors (Lipinski definition) is 5. The molecule has 0 bridgehead atoms. The van der Waals surface area contributed by atoms with E-state index in [9.17, 15) is 4.79 Å². The van der Waals surface area contributed by atoms with Crippen LogP contribution in [0.5, 0.6) is 0 Å². The molecule has 7 nitrogen and oxygen atoms in total. The summed E-state index contributed by atoms with van der Waals surface area (Å²) >= 11 is 0. The second-order valence-corrected chi connectivity index (χ2v) is 8.62. The lowest BCUT2D eigenvalue weighted by Gasteiger charge is -2.34. The van der Waals surface area contributed by atoms with Gasteiger partial charge < -0.3 is 15.5 Å². The zero-order valence-corrected chi connectivity index (χ0v) is 19.7. The van der Waals surface area contributed by atoms with Gasteiger partial charge in [0, 0.05) is 19.6 Å². The number of rotatable bonds is 7. The number of halogens is 2. The van der Waals surface area contributed by atoms with Crippen molar-refractivity contribution in [2.75, 3.05) is 39.3 Å². The number of unbranched alkanes of at least 4 members (excludes halogenated alkanes) is 1. The van der Waals surface area contributed by atoms with Gasteiger partial charge in [-0.1, -0.05) is 19.1 Å². The number of nitrogens with one attached hydrogen (secondary N) is 2. The summed E-state index contributed by atoms with van der Waals surface area (Å²) in [6.45, 7) is 12.9. The van der Waals surface area contributed by atoms with E-state index in [1.165, 1.54) is 19.5 Å². The molecule has 0 radical (unpaired) electrons. The lowest BCUT2D eigenvalue weighted by atomic mass is 9.92. The molecular weight excluding hydrogens is 411 g/mol. The molecule has 2 N–H and O–H groups in total. The van der Waals surface area contributed by atoms with Crippen LogP contribution < -0.4 is 10.6 Å². The first-order valence-electron chi connectivity index (χ1n) is 10.7. The van der Waals surface area contributed by atoms with E-state index in [4.69, 9.17) is 0 Å². The average Bonchev–Trinajstić information content (AvgIpc) is 3.03. The molecule has 2 aliphatic rings. The van der Waals surface area contributed by atoms with E-state index < -0.39 is 0 Å². The number of likely N-dealkylation sites (tertiary alicyclic amines) is 1. The molecule has 2 atom stereocenters. The zero-order chi connectivity index (χ0) is 19.2. The molecule has 29 heavy (non-hydrogen) atoms. The predicted octanol–water partition coefficient (Wildman–Crippen LogP) is 2.84. The lowest BCUT2D eigenvalue weighted by molar-refractivity contribution is 0.0946. The molecule has 1 aromatic heterocycles. The van der Waals surface area contributed by atoms with E-state index >= 15 is 0 Å². The Morgan fingerprint density at radius 2 is 1.79 bits per heavy atom. The topological polar surface area (TPSA) is 75.1 Å². The van der Waals surface area contributed by atoms with E-state index in [2.05, 4.69) is 39.7 Å². The second kappa shape index (κ2) is 12.7. The van der Waals surface area contributed by atoms with Crippen LogP contribution in [-0.2, 0) is 0 Å². The van der Waals surface area contributed by atoms with Crippen LogP contribution >= 0.6 is 24.8 Å². The van der Waals surface area contributed by atoms with Crippen LogP contribution in [0.3, 0.4) is 0 Å². The summed E-state index contributed by atoms with van der Waals surface area (Å²) in [5.41, 5.74) is 1.36. The molecule has 1 aromatic rings. The molecular formula is C20H38Cl2N6O. The van der Waals surface area contributed by atoms with Crippen LogP contribution in [0.2, 0.25) is 0 Å². The fourth-order valence-corrected chi connectivity index (χ4v) is 4.67. The standard InChI is InChI=1S/C20H36N6O.2ClH/c1-15-12-16(2)14-25(13-15)11-5-4-8-22-20(27)19-17(3)26(24-23-19)18-6-9-21-10-7-18;;/h15-16,18,21H,4-14H2,1-3H3,(H,22,27);2*1H. The zero-order valence-electron chi connectivity index (χ0n) is 18.0. The maximum absolute atomic E-state index is 12.5. The van der Waals surface area contributed by atoms with E-state index in [0.29, 0.717) is 18.3 Å². The molecule has 0 aliphatic carbocycles. The normalized spacial score (nSPS) is 23.1. The summed E-state index contributed by atoms with van der Waals surface area (Å²) in [4.78, 5) is 15.0. The Morgan fingerprint density at radius 3 is 2.45 bits per heavy atom. The van der Waals surface area contributed by atoms with Crippen LogP contribution in [-0.4, -0.2) is 65.1 Å². The molecule has 2 saturated heterocycles. The maximum Gasteiger partial charge on any atom is 0.273 e. The van der Waals surface area contributed by atoms with E-state index in [1.54, 1.807) is 0 Å². The Labute approximate surface area is 187 Å². The summed E-state index contributed by atoms with van der Waals surface area (Å²) in [6, 6.07) is 0.356. The molecule has 3 heterocycles. The fourth-order valence-electron chi connectivity index (χ4n) is 4.67. The van der Waals surface area contributed by atoms with Crippen LogP contribution in [0.4, 0.5) is 0 Å². The lowest BCUT2D eigenvalue weighted by Crippen LogP contribution is -2.39. The van der Waals surface area contributed by atoms with Crippen molar-refractivity contribution in [2.24, 2.45) is 11.8 Å². The van der Waals surface area contributed by atoms with Gasteiger partial charge in [0.25, 0.3) is 5.91 Å². The van der Waals surface area contributed by atoms with Crippen molar-refractivity contribution < 1.29 is 4.79 Å². The van der Waals surface area contributed by atoms with Crippen molar-refractivity contribution in [3.05, 3.63) is 11.4 Å². The Morgan fingerprint density at radius 1 is 1.14 bits per heavy atom. The molecule has 0 spiro atoms. The third-order valence-corrected chi connectivity index (χ3v) is 5.93. The highest BCUT2D eigenvalue weighted by molar-refractivity contribution is 5.93. The number of piperidine rings is 2. The van der Waals surface area contributed by atoms with Gasteiger partial charge in [-0.2, -0.15) is 0 Å². The van der Waals surface area contributed by atoms with Gasteiger partial charge in [-0.15, -0.1) is 29.9 Å². The summed E-state index contributed by atoms with van der Waals surface area (Å²) in [6.07, 6.45) is 5.56. The Hall–Kier alpha value is -0.890. The molecule has 168 valence electrons. The minimum Gasteiger partial charge on any atom is -0.351 e. The first kappa shape index (κ1) is 26.1. The van der Waals surface area contributed by atoms with Crippen molar-refractivity contribution in [2.45, 2.75) is 58.9 Å². The smallest absolute Gasteiger partial charge is 0.273 e. The molecule has 1 amide bonds. The van der Waals surface area contributed by atoms with Gasteiger partial charge in [-0.05, 0) is 70.5 Å². The molecule has 0 saturated carbocycles. The highest BCUT2D eigenvalue weighted by Gasteiger charge is 2.23. The average molecular weight is 449 g/mol. The number of nitrogens with zero attached hydrogens (tertiary/aromatic N) is 4. The molecule has 9 heteroatoms. The largest absolute Gasteiger partial charge is 0.351 e. The van der Waals surface area contributed by atoms with E-state index in [0.717, 1.165) is 62.8 Å². The first-order valence-corrected chi connectivity index (χ1v) is 10.7. The number of aromatic nitrogens is 3. The van der Waals surface area contributed by atoms with Crippen LogP contribution in [0.1, 0.15) is 68.2 Å². The monoisotopic (exact) mass is 448 g/mol. The Balaban J connectivity index is 0.00000210. The molecule has 2 unspecified atom stereocenters. The summed E-state index contributed by atoms with van der Waals surface area (Å²) in [7, 11) is 0. The minimum atomic E-state index is -0.0899. The second-order valence-electron chi connectivity index (χ2n) is 8.62. The predicted molar refractivity (Wildman–Crippen MR) is 121 cm³/mol. The first-order chi connectivity index (χ1) is 13.0. The van der Waals surface area contributed by atoms with Gasteiger partial charge >= 0.3 is 0 Å². The van der Waals surface area contributed by atoms with Crippen molar-refractivity contribution in [3.63, 3.8) is 0 Å². The Kier molecular flexibility index (Phi) is 11.5. The molecule has 3 rings (SSSR count). The molecule has 0 aromatic carbocycles. The minimum absolute atomic E-state index is 0. The van der Waals surface area contributed by atoms with Crippen molar-refractivity contribution in [3.8, 4) is 0 Å². The van der Waals surface area contributed by atoms with Crippen molar-refractivity contribution in [1.29, 1.82) is 0 Å². The van der Waals surface area contributed by atoms with Gasteiger partial charge in [0.05, 0.1) is 11.7 Å². The van der Waals surface area contributed by atoms with Gasteiger partial charge in [0.1, 0.15) is 0 Å². The summed E-state index contributed by atoms with van der Waals surface area (Å²) in [5, 5.41) is 14.8. The van der Waals surface area contributed by atoms with Gasteiger partial charge in [-0.25, -0.2) is 4.68 Å². The van der Waals surface area contributed by atoms with Crippen molar-refractivity contribution >= 4 is 30.7 Å². The van der Waals surface area contributed by atoms with Crippen LogP contribution in [0.25, 0.3) is 0 Å². The molecule has 2 aliphatic heterocycles. The SMILES string of the molecule is Cc1c(C(=O)NCCCCN2CC(C)CC(C)C2)nnn1C1CCNCC1.Cl.Cl. The highest BCUT2D eigenvalue weighted by atomic mass is 35.5. The van der Waals surface area contributed by atoms with Crippen LogP contribution in [0, 0.1) is 18.8 Å².